The van der Waals surface area contributed by atoms with Crippen molar-refractivity contribution < 1.29 is 19.1 Å². The second-order valence-electron chi connectivity index (χ2n) is 3.58. The van der Waals surface area contributed by atoms with Crippen molar-refractivity contribution in [3.63, 3.8) is 0 Å². The third kappa shape index (κ3) is 5.38. The van der Waals surface area contributed by atoms with Gasteiger partial charge in [0.15, 0.2) is 0 Å². The predicted molar refractivity (Wildman–Crippen MR) is 64.4 cm³/mol. The summed E-state index contributed by atoms with van der Waals surface area (Å²) in [6.45, 7) is 11.6. The average Bonchev–Trinajstić information content (AvgIpc) is 2.29. The number of nitrogens with zero attached hydrogens (tertiary/aromatic N) is 1. The van der Waals surface area contributed by atoms with Crippen molar-refractivity contribution in [3.05, 3.63) is 12.2 Å². The van der Waals surface area contributed by atoms with Crippen molar-refractivity contribution in [1.29, 1.82) is 0 Å². The van der Waals surface area contributed by atoms with Gasteiger partial charge in [0.2, 0.25) is 6.29 Å². The molecule has 1 amide bonds. The lowest BCUT2D eigenvalue weighted by Crippen LogP contribution is -2.35. The third-order valence-corrected chi connectivity index (χ3v) is 2.17. The summed E-state index contributed by atoms with van der Waals surface area (Å²) in [5.41, 5.74) is 0.280. The van der Waals surface area contributed by atoms with E-state index in [9.17, 15) is 9.59 Å². The first-order valence-corrected chi connectivity index (χ1v) is 5.78. The molecule has 0 aliphatic carbocycles. The molecule has 1 unspecified atom stereocenters. The normalized spacial score (nSPS) is 11.5. The first-order chi connectivity index (χ1) is 7.96. The van der Waals surface area contributed by atoms with E-state index in [0.717, 1.165) is 0 Å². The Morgan fingerprint density at radius 3 is 2.06 bits per heavy atom. The highest BCUT2D eigenvalue weighted by Gasteiger charge is 2.20. The van der Waals surface area contributed by atoms with Gasteiger partial charge in [-0.1, -0.05) is 13.5 Å². The van der Waals surface area contributed by atoms with Crippen LogP contribution in [0.15, 0.2) is 12.2 Å². The predicted octanol–water partition coefficient (Wildman–Crippen LogP) is 2.32. The number of rotatable bonds is 6. The highest BCUT2D eigenvalue weighted by Crippen LogP contribution is 2.07. The van der Waals surface area contributed by atoms with Crippen LogP contribution in [0.1, 0.15) is 34.1 Å². The largest absolute Gasteiger partial charge is 0.422 e. The molecule has 17 heavy (non-hydrogen) atoms. The Kier molecular flexibility index (Phi) is 7.02. The molecule has 0 rings (SSSR count). The fraction of sp³-hybridized carbons (Fsp3) is 0.667. The van der Waals surface area contributed by atoms with E-state index in [1.54, 1.807) is 13.8 Å². The monoisotopic (exact) mass is 243 g/mol. The summed E-state index contributed by atoms with van der Waals surface area (Å²) in [5, 5.41) is 0. The molecule has 0 saturated heterocycles. The van der Waals surface area contributed by atoms with Crippen LogP contribution in [0.3, 0.4) is 0 Å². The fourth-order valence-corrected chi connectivity index (χ4v) is 1.08. The average molecular weight is 243 g/mol. The Morgan fingerprint density at radius 2 is 1.71 bits per heavy atom. The Labute approximate surface area is 102 Å². The molecule has 5 heteroatoms. The molecule has 1 atom stereocenters. The topological polar surface area (TPSA) is 55.8 Å². The molecule has 0 aliphatic rings. The van der Waals surface area contributed by atoms with Gasteiger partial charge in [-0.15, -0.1) is 0 Å². The van der Waals surface area contributed by atoms with Gasteiger partial charge in [0.1, 0.15) is 0 Å². The van der Waals surface area contributed by atoms with E-state index in [1.807, 2.05) is 13.8 Å². The van der Waals surface area contributed by atoms with Gasteiger partial charge >= 0.3 is 12.1 Å². The van der Waals surface area contributed by atoms with Gasteiger partial charge in [-0.3, -0.25) is 0 Å². The maximum Gasteiger partial charge on any atom is 0.412 e. The maximum absolute atomic E-state index is 11.6. The van der Waals surface area contributed by atoms with Crippen LogP contribution in [0, 0.1) is 0 Å². The van der Waals surface area contributed by atoms with Crippen LogP contribution in [0.4, 0.5) is 4.79 Å². The lowest BCUT2D eigenvalue weighted by atomic mass is 10.3. The molecule has 0 heterocycles. The van der Waals surface area contributed by atoms with Gasteiger partial charge in [0.25, 0.3) is 0 Å². The minimum atomic E-state index is -0.854. The van der Waals surface area contributed by atoms with E-state index < -0.39 is 18.4 Å². The van der Waals surface area contributed by atoms with Crippen LogP contribution in [0.25, 0.3) is 0 Å². The summed E-state index contributed by atoms with van der Waals surface area (Å²) in [4.78, 5) is 24.4. The summed E-state index contributed by atoms with van der Waals surface area (Å²) < 4.78 is 10.0. The van der Waals surface area contributed by atoms with E-state index in [4.69, 9.17) is 9.47 Å². The SMILES string of the molecule is C=C(C)C(=O)OC(CC)OC(=O)N(CC)CC. The highest BCUT2D eigenvalue weighted by atomic mass is 16.7. The summed E-state index contributed by atoms with van der Waals surface area (Å²) in [5.74, 6) is -0.552. The van der Waals surface area contributed by atoms with Gasteiger partial charge in [0.05, 0.1) is 0 Å². The molecule has 0 spiro atoms. The van der Waals surface area contributed by atoms with Gasteiger partial charge in [-0.2, -0.15) is 0 Å². The third-order valence-electron chi connectivity index (χ3n) is 2.17. The molecule has 0 aromatic heterocycles. The van der Waals surface area contributed by atoms with Gasteiger partial charge < -0.3 is 14.4 Å². The Bertz CT molecular complexity index is 284. The Morgan fingerprint density at radius 1 is 1.18 bits per heavy atom. The van der Waals surface area contributed by atoms with Crippen molar-refractivity contribution in [2.45, 2.75) is 40.4 Å². The lowest BCUT2D eigenvalue weighted by molar-refractivity contribution is -0.164. The Hall–Kier alpha value is -1.52. The zero-order chi connectivity index (χ0) is 13.4. The summed E-state index contributed by atoms with van der Waals surface area (Å²) >= 11 is 0. The highest BCUT2D eigenvalue weighted by molar-refractivity contribution is 5.87. The summed E-state index contributed by atoms with van der Waals surface area (Å²) in [6, 6.07) is 0. The van der Waals surface area contributed by atoms with Gasteiger partial charge in [-0.25, -0.2) is 9.59 Å². The number of carbonyl (C=O) groups excluding carboxylic acids is 2. The van der Waals surface area contributed by atoms with Crippen molar-refractivity contribution in [2.24, 2.45) is 0 Å². The molecular formula is C12H21NO4. The molecule has 0 radical (unpaired) electrons. The Balaban J connectivity index is 4.35. The maximum atomic E-state index is 11.6. The van der Waals surface area contributed by atoms with Crippen molar-refractivity contribution in [1.82, 2.24) is 4.90 Å². The summed E-state index contributed by atoms with van der Waals surface area (Å²) in [7, 11) is 0. The molecule has 98 valence electrons. The van der Waals surface area contributed by atoms with Crippen LogP contribution < -0.4 is 0 Å². The molecule has 0 saturated carbocycles. The zero-order valence-electron chi connectivity index (χ0n) is 11.0. The van der Waals surface area contributed by atoms with Crippen LogP contribution in [0.2, 0.25) is 0 Å². The van der Waals surface area contributed by atoms with Crippen LogP contribution >= 0.6 is 0 Å². The molecule has 0 aromatic rings. The molecule has 0 aromatic carbocycles. The summed E-state index contributed by atoms with van der Waals surface area (Å²) in [6.07, 6.45) is -0.921. The van der Waals surface area contributed by atoms with Gasteiger partial charge in [-0.05, 0) is 20.8 Å². The second-order valence-corrected chi connectivity index (χ2v) is 3.58. The molecule has 5 nitrogen and oxygen atoms in total. The van der Waals surface area contributed by atoms with Crippen LogP contribution in [-0.2, 0) is 14.3 Å². The molecule has 0 N–H and O–H groups in total. The molecule has 0 bridgehead atoms. The van der Waals surface area contributed by atoms with Crippen LogP contribution in [0.5, 0.6) is 0 Å². The van der Waals surface area contributed by atoms with Crippen LogP contribution in [-0.4, -0.2) is 36.3 Å². The second kappa shape index (κ2) is 7.70. The number of hydrogen-bond acceptors (Lipinski definition) is 4. The van der Waals surface area contributed by atoms with Crippen molar-refractivity contribution in [2.75, 3.05) is 13.1 Å². The number of esters is 1. The number of hydrogen-bond donors (Lipinski definition) is 0. The molecule has 0 aliphatic heterocycles. The molecular weight excluding hydrogens is 222 g/mol. The smallest absolute Gasteiger partial charge is 0.412 e. The van der Waals surface area contributed by atoms with E-state index in [1.165, 1.54) is 4.90 Å². The minimum absolute atomic E-state index is 0.280. The first-order valence-electron chi connectivity index (χ1n) is 5.78. The lowest BCUT2D eigenvalue weighted by Gasteiger charge is -2.22. The standard InChI is InChI=1S/C12H21NO4/c1-6-10(16-11(14)9(4)5)17-12(15)13(7-2)8-3/h10H,4,6-8H2,1-3,5H3. The number of amides is 1. The quantitative estimate of drug-likeness (QED) is 0.408. The minimum Gasteiger partial charge on any atom is -0.422 e. The van der Waals surface area contributed by atoms with Crippen molar-refractivity contribution in [3.8, 4) is 0 Å². The van der Waals surface area contributed by atoms with E-state index in [-0.39, 0.29) is 5.57 Å². The van der Waals surface area contributed by atoms with Crippen molar-refractivity contribution >= 4 is 12.1 Å². The van der Waals surface area contributed by atoms with E-state index in [2.05, 4.69) is 6.58 Å². The fourth-order valence-electron chi connectivity index (χ4n) is 1.08. The first kappa shape index (κ1) is 15.5. The zero-order valence-corrected chi connectivity index (χ0v) is 11.0. The van der Waals surface area contributed by atoms with E-state index in [0.29, 0.717) is 19.5 Å². The molecule has 0 fully saturated rings. The van der Waals surface area contributed by atoms with E-state index >= 15 is 0 Å². The van der Waals surface area contributed by atoms with Gasteiger partial charge in [0, 0.05) is 25.1 Å². The number of carbonyl (C=O) groups is 2. The number of ether oxygens (including phenoxy) is 2.